The second kappa shape index (κ2) is 4.04. The molecule has 0 saturated carbocycles. The maximum Gasteiger partial charge on any atom is 0.291 e. The summed E-state index contributed by atoms with van der Waals surface area (Å²) in [6.07, 6.45) is 1.09. The minimum atomic E-state index is -0.550. The van der Waals surface area contributed by atoms with E-state index in [-0.39, 0.29) is 16.6 Å². The number of aromatic nitrogens is 1. The first kappa shape index (κ1) is 9.73. The van der Waals surface area contributed by atoms with E-state index in [4.69, 9.17) is 16.3 Å². The molecule has 13 heavy (non-hydrogen) atoms. The van der Waals surface area contributed by atoms with Crippen LogP contribution in [-0.4, -0.2) is 16.5 Å². The molecule has 0 spiro atoms. The lowest BCUT2D eigenvalue weighted by molar-refractivity contribution is -0.385. The summed E-state index contributed by atoms with van der Waals surface area (Å²) in [6.45, 7) is 2.15. The molecule has 1 aromatic rings. The van der Waals surface area contributed by atoms with Crippen molar-refractivity contribution in [1.29, 1.82) is 0 Å². The molecule has 70 valence electrons. The molecule has 0 saturated heterocycles. The fourth-order valence-electron chi connectivity index (χ4n) is 0.774. The Morgan fingerprint density at radius 1 is 1.77 bits per heavy atom. The van der Waals surface area contributed by atoms with Gasteiger partial charge in [0, 0.05) is 0 Å². The van der Waals surface area contributed by atoms with Crippen molar-refractivity contribution in [2.75, 3.05) is 6.61 Å². The first-order chi connectivity index (χ1) is 6.15. The smallest absolute Gasteiger partial charge is 0.291 e. The van der Waals surface area contributed by atoms with E-state index in [2.05, 4.69) is 4.98 Å². The zero-order valence-corrected chi connectivity index (χ0v) is 7.61. The number of rotatable bonds is 3. The van der Waals surface area contributed by atoms with Gasteiger partial charge in [0.25, 0.3) is 5.69 Å². The summed E-state index contributed by atoms with van der Waals surface area (Å²) in [5, 5.41) is 10.5. The van der Waals surface area contributed by atoms with Crippen LogP contribution in [-0.2, 0) is 0 Å². The summed E-state index contributed by atoms with van der Waals surface area (Å²) in [4.78, 5) is 13.4. The molecule has 0 amide bonds. The molecule has 0 aromatic carbocycles. The normalized spacial score (nSPS) is 9.69. The molecule has 1 heterocycles. The topological polar surface area (TPSA) is 65.3 Å². The van der Waals surface area contributed by atoms with Crippen LogP contribution in [0.25, 0.3) is 0 Å². The van der Waals surface area contributed by atoms with Gasteiger partial charge in [-0.15, -0.1) is 0 Å². The summed E-state index contributed by atoms with van der Waals surface area (Å²) in [6, 6.07) is 1.25. The van der Waals surface area contributed by atoms with Crippen LogP contribution in [0.5, 0.6) is 5.75 Å². The number of hydrogen-bond acceptors (Lipinski definition) is 4. The van der Waals surface area contributed by atoms with Crippen LogP contribution < -0.4 is 4.74 Å². The number of ether oxygens (including phenoxy) is 1. The minimum absolute atomic E-state index is 0.132. The van der Waals surface area contributed by atoms with E-state index in [1.165, 1.54) is 6.07 Å². The van der Waals surface area contributed by atoms with Gasteiger partial charge >= 0.3 is 0 Å². The van der Waals surface area contributed by atoms with Crippen molar-refractivity contribution in [1.82, 2.24) is 4.98 Å². The fourth-order valence-corrected chi connectivity index (χ4v) is 0.932. The molecular weight excluding hydrogens is 196 g/mol. The number of halogens is 1. The molecule has 0 unspecified atom stereocenters. The Balaban J connectivity index is 3.03. The molecule has 5 nitrogen and oxygen atoms in total. The second-order valence-electron chi connectivity index (χ2n) is 2.17. The molecule has 0 fully saturated rings. The van der Waals surface area contributed by atoms with Crippen LogP contribution in [0, 0.1) is 10.1 Å². The highest BCUT2D eigenvalue weighted by Crippen LogP contribution is 2.25. The maximum atomic E-state index is 10.3. The highest BCUT2D eigenvalue weighted by molar-refractivity contribution is 6.30. The average molecular weight is 203 g/mol. The molecular formula is C7H7ClN2O3. The Morgan fingerprint density at radius 3 is 3.00 bits per heavy atom. The summed E-state index contributed by atoms with van der Waals surface area (Å²) >= 11 is 5.62. The highest BCUT2D eigenvalue weighted by Gasteiger charge is 2.11. The average Bonchev–Trinajstić information content (AvgIpc) is 2.08. The zero-order chi connectivity index (χ0) is 9.84. The number of hydrogen-bond donors (Lipinski definition) is 0. The standard InChI is InChI=1S/C7H7ClN2O3/c1-2-13-6-3-5(10(11)12)4-9-7(6)8/h3-4H,2H2,1H3. The maximum absolute atomic E-state index is 10.3. The Bertz CT molecular complexity index is 330. The van der Waals surface area contributed by atoms with E-state index < -0.39 is 4.92 Å². The molecule has 0 aliphatic carbocycles. The third kappa shape index (κ3) is 2.29. The Morgan fingerprint density at radius 2 is 2.46 bits per heavy atom. The molecule has 0 bridgehead atoms. The molecule has 6 heteroatoms. The van der Waals surface area contributed by atoms with Crippen LogP contribution >= 0.6 is 11.6 Å². The van der Waals surface area contributed by atoms with Crippen molar-refractivity contribution in [3.05, 3.63) is 27.5 Å². The van der Waals surface area contributed by atoms with Crippen LogP contribution in [0.1, 0.15) is 6.92 Å². The van der Waals surface area contributed by atoms with Crippen LogP contribution in [0.15, 0.2) is 12.3 Å². The van der Waals surface area contributed by atoms with Crippen molar-refractivity contribution >= 4 is 17.3 Å². The van der Waals surface area contributed by atoms with Crippen molar-refractivity contribution in [3.63, 3.8) is 0 Å². The Kier molecular flexibility index (Phi) is 3.02. The van der Waals surface area contributed by atoms with Gasteiger partial charge < -0.3 is 4.74 Å². The molecule has 0 aliphatic heterocycles. The van der Waals surface area contributed by atoms with Gasteiger partial charge in [-0.2, -0.15) is 0 Å². The van der Waals surface area contributed by atoms with Gasteiger partial charge in [-0.05, 0) is 6.92 Å². The van der Waals surface area contributed by atoms with Gasteiger partial charge in [-0.3, -0.25) is 10.1 Å². The molecule has 0 aliphatic rings. The quantitative estimate of drug-likeness (QED) is 0.427. The van der Waals surface area contributed by atoms with Crippen LogP contribution in [0.3, 0.4) is 0 Å². The van der Waals surface area contributed by atoms with Crippen LogP contribution in [0.4, 0.5) is 5.69 Å². The van der Waals surface area contributed by atoms with E-state index in [1.54, 1.807) is 6.92 Å². The lowest BCUT2D eigenvalue weighted by atomic mass is 10.4. The Labute approximate surface area is 79.5 Å². The summed E-state index contributed by atoms with van der Waals surface area (Å²) in [5.74, 6) is 0.235. The third-order valence-corrected chi connectivity index (χ3v) is 1.59. The monoisotopic (exact) mass is 202 g/mol. The summed E-state index contributed by atoms with van der Waals surface area (Å²) in [7, 11) is 0. The first-order valence-corrected chi connectivity index (χ1v) is 3.95. The predicted molar refractivity (Wildman–Crippen MR) is 47.1 cm³/mol. The second-order valence-corrected chi connectivity index (χ2v) is 2.53. The van der Waals surface area contributed by atoms with E-state index in [0.717, 1.165) is 6.20 Å². The van der Waals surface area contributed by atoms with Gasteiger partial charge in [0.15, 0.2) is 10.9 Å². The number of nitro groups is 1. The first-order valence-electron chi connectivity index (χ1n) is 3.58. The van der Waals surface area contributed by atoms with Crippen molar-refractivity contribution < 1.29 is 9.66 Å². The molecule has 1 rings (SSSR count). The van der Waals surface area contributed by atoms with Crippen molar-refractivity contribution in [2.45, 2.75) is 6.92 Å². The molecule has 1 aromatic heterocycles. The lowest BCUT2D eigenvalue weighted by Gasteiger charge is -2.02. The fraction of sp³-hybridized carbons (Fsp3) is 0.286. The van der Waals surface area contributed by atoms with Gasteiger partial charge in [0.2, 0.25) is 0 Å². The molecule has 0 radical (unpaired) electrons. The number of nitrogens with zero attached hydrogens (tertiary/aromatic N) is 2. The molecule has 0 atom stereocenters. The zero-order valence-electron chi connectivity index (χ0n) is 6.86. The van der Waals surface area contributed by atoms with E-state index >= 15 is 0 Å². The van der Waals surface area contributed by atoms with Crippen molar-refractivity contribution in [2.24, 2.45) is 0 Å². The lowest BCUT2D eigenvalue weighted by Crippen LogP contribution is -1.96. The summed E-state index contributed by atoms with van der Waals surface area (Å²) in [5.41, 5.74) is -0.132. The Hall–Kier alpha value is -1.36. The van der Waals surface area contributed by atoms with Gasteiger partial charge in [-0.25, -0.2) is 4.98 Å². The SMILES string of the molecule is CCOc1cc([N+](=O)[O-])cnc1Cl. The van der Waals surface area contributed by atoms with Gasteiger partial charge in [0.05, 0.1) is 17.6 Å². The van der Waals surface area contributed by atoms with Gasteiger partial charge in [-0.1, -0.05) is 11.6 Å². The van der Waals surface area contributed by atoms with Gasteiger partial charge in [0.1, 0.15) is 6.20 Å². The van der Waals surface area contributed by atoms with E-state index in [0.29, 0.717) is 6.61 Å². The number of pyridine rings is 1. The third-order valence-electron chi connectivity index (χ3n) is 1.30. The minimum Gasteiger partial charge on any atom is -0.490 e. The summed E-state index contributed by atoms with van der Waals surface area (Å²) < 4.78 is 5.03. The van der Waals surface area contributed by atoms with E-state index in [1.807, 2.05) is 0 Å². The largest absolute Gasteiger partial charge is 0.490 e. The van der Waals surface area contributed by atoms with Crippen LogP contribution in [0.2, 0.25) is 5.15 Å². The van der Waals surface area contributed by atoms with E-state index in [9.17, 15) is 10.1 Å². The molecule has 0 N–H and O–H groups in total. The highest BCUT2D eigenvalue weighted by atomic mass is 35.5. The van der Waals surface area contributed by atoms with Crippen molar-refractivity contribution in [3.8, 4) is 5.75 Å². The predicted octanol–water partition coefficient (Wildman–Crippen LogP) is 2.04.